The van der Waals surface area contributed by atoms with Gasteiger partial charge in [-0.05, 0) is 12.5 Å². The summed E-state index contributed by atoms with van der Waals surface area (Å²) in [6.07, 6.45) is 9.41. The Bertz CT molecular complexity index is 885. The minimum Gasteiger partial charge on any atom is -0.360 e. The zero-order valence-corrected chi connectivity index (χ0v) is 10.5. The number of benzene rings is 1. The number of hydrogen-bond acceptors (Lipinski definition) is 2. The van der Waals surface area contributed by atoms with E-state index in [9.17, 15) is 0 Å². The van der Waals surface area contributed by atoms with Crippen LogP contribution in [0.15, 0.2) is 49.2 Å². The molecule has 0 spiro atoms. The highest BCUT2D eigenvalue weighted by atomic mass is 15.0. The topological polar surface area (TPSA) is 46.0 Å². The Labute approximate surface area is 109 Å². The number of aryl methyl sites for hydroxylation is 1. The van der Waals surface area contributed by atoms with Gasteiger partial charge in [0.15, 0.2) is 5.65 Å². The van der Waals surface area contributed by atoms with Gasteiger partial charge in [0.2, 0.25) is 0 Å². The van der Waals surface area contributed by atoms with Gasteiger partial charge in [0, 0.05) is 35.1 Å². The first-order chi connectivity index (χ1) is 9.34. The largest absolute Gasteiger partial charge is 0.360 e. The van der Waals surface area contributed by atoms with E-state index < -0.39 is 0 Å². The fourth-order valence-corrected chi connectivity index (χ4v) is 2.56. The van der Waals surface area contributed by atoms with Crippen molar-refractivity contribution in [1.29, 1.82) is 0 Å². The Morgan fingerprint density at radius 2 is 2.16 bits per heavy atom. The quantitative estimate of drug-likeness (QED) is 0.562. The van der Waals surface area contributed by atoms with Gasteiger partial charge in [0.1, 0.15) is 0 Å². The maximum atomic E-state index is 4.39. The van der Waals surface area contributed by atoms with Crippen molar-refractivity contribution in [2.75, 3.05) is 0 Å². The lowest BCUT2D eigenvalue weighted by molar-refractivity contribution is 1.13. The number of nitrogens with zero attached hydrogens (tertiary/aromatic N) is 3. The lowest BCUT2D eigenvalue weighted by Gasteiger charge is -2.00. The van der Waals surface area contributed by atoms with Crippen molar-refractivity contribution in [3.8, 4) is 11.3 Å². The molecule has 4 nitrogen and oxygen atoms in total. The molecule has 1 aromatic carbocycles. The second-order valence-electron chi connectivity index (χ2n) is 4.65. The molecule has 1 N–H and O–H groups in total. The van der Waals surface area contributed by atoms with E-state index in [2.05, 4.69) is 44.5 Å². The summed E-state index contributed by atoms with van der Waals surface area (Å²) in [5, 5.41) is 1.22. The lowest BCUT2D eigenvalue weighted by Crippen LogP contribution is -1.87. The number of para-hydroxylation sites is 1. The first-order valence-electron chi connectivity index (χ1n) is 6.19. The molecule has 0 aliphatic carbocycles. The van der Waals surface area contributed by atoms with E-state index in [0.717, 1.165) is 16.9 Å². The molecule has 0 aliphatic heterocycles. The molecular weight excluding hydrogens is 236 g/mol. The molecule has 4 aromatic rings. The third kappa shape index (κ3) is 1.40. The molecule has 3 heterocycles. The average molecular weight is 248 g/mol. The van der Waals surface area contributed by atoms with Gasteiger partial charge in [0.25, 0.3) is 0 Å². The Balaban J connectivity index is 2.07. The van der Waals surface area contributed by atoms with Crippen LogP contribution in [0.5, 0.6) is 0 Å². The molecule has 0 aliphatic rings. The molecule has 3 aromatic heterocycles. The zero-order valence-electron chi connectivity index (χ0n) is 10.5. The van der Waals surface area contributed by atoms with E-state index in [0.29, 0.717) is 0 Å². The third-order valence-electron chi connectivity index (χ3n) is 3.52. The molecule has 0 fully saturated rings. The summed E-state index contributed by atoms with van der Waals surface area (Å²) >= 11 is 0. The predicted molar refractivity (Wildman–Crippen MR) is 75.0 cm³/mol. The van der Waals surface area contributed by atoms with Crippen molar-refractivity contribution < 1.29 is 0 Å². The van der Waals surface area contributed by atoms with Crippen LogP contribution < -0.4 is 0 Å². The Morgan fingerprint density at radius 3 is 3.11 bits per heavy atom. The summed E-state index contributed by atoms with van der Waals surface area (Å²) in [7, 11) is 0. The van der Waals surface area contributed by atoms with Crippen molar-refractivity contribution in [3.63, 3.8) is 0 Å². The molecule has 4 rings (SSSR count). The van der Waals surface area contributed by atoms with Crippen LogP contribution in [0, 0.1) is 6.92 Å². The summed E-state index contributed by atoms with van der Waals surface area (Å²) in [5.74, 6) is 0. The minimum atomic E-state index is 0.861. The number of H-pyrrole nitrogens is 1. The van der Waals surface area contributed by atoms with Crippen molar-refractivity contribution in [1.82, 2.24) is 19.4 Å². The first kappa shape index (κ1) is 10.3. The van der Waals surface area contributed by atoms with Crippen LogP contribution in [0.3, 0.4) is 0 Å². The Kier molecular flexibility index (Phi) is 2.00. The number of fused-ring (bicyclic) bond motifs is 2. The number of hydrogen-bond donors (Lipinski definition) is 1. The molecule has 92 valence electrons. The van der Waals surface area contributed by atoms with E-state index in [4.69, 9.17) is 0 Å². The average Bonchev–Trinajstić information content (AvgIpc) is 3.02. The SMILES string of the molecule is Cc1cccc2c(-c3cnc4cnccn34)c[nH]c12. The third-order valence-corrected chi connectivity index (χ3v) is 3.52. The van der Waals surface area contributed by atoms with Crippen LogP contribution >= 0.6 is 0 Å². The van der Waals surface area contributed by atoms with Crippen molar-refractivity contribution in [2.45, 2.75) is 6.92 Å². The van der Waals surface area contributed by atoms with Gasteiger partial charge < -0.3 is 4.98 Å². The van der Waals surface area contributed by atoms with Gasteiger partial charge in [-0.25, -0.2) is 4.98 Å². The maximum Gasteiger partial charge on any atom is 0.155 e. The highest BCUT2D eigenvalue weighted by Crippen LogP contribution is 2.30. The van der Waals surface area contributed by atoms with E-state index in [1.807, 2.05) is 18.6 Å². The lowest BCUT2D eigenvalue weighted by atomic mass is 10.1. The normalized spacial score (nSPS) is 11.4. The Morgan fingerprint density at radius 1 is 1.21 bits per heavy atom. The highest BCUT2D eigenvalue weighted by molar-refractivity contribution is 5.96. The van der Waals surface area contributed by atoms with Gasteiger partial charge in [-0.15, -0.1) is 0 Å². The number of rotatable bonds is 1. The summed E-state index contributed by atoms with van der Waals surface area (Å²) in [6, 6.07) is 6.33. The van der Waals surface area contributed by atoms with Crippen LogP contribution in [-0.4, -0.2) is 19.4 Å². The van der Waals surface area contributed by atoms with Gasteiger partial charge in [-0.2, -0.15) is 0 Å². The molecule has 0 amide bonds. The van der Waals surface area contributed by atoms with Gasteiger partial charge in [0.05, 0.1) is 18.1 Å². The number of imidazole rings is 1. The van der Waals surface area contributed by atoms with Crippen LogP contribution in [0.2, 0.25) is 0 Å². The van der Waals surface area contributed by atoms with Gasteiger partial charge in [-0.3, -0.25) is 9.38 Å². The molecule has 0 saturated carbocycles. The second-order valence-corrected chi connectivity index (χ2v) is 4.65. The predicted octanol–water partition coefficient (Wildman–Crippen LogP) is 3.19. The first-order valence-corrected chi connectivity index (χ1v) is 6.19. The van der Waals surface area contributed by atoms with Gasteiger partial charge >= 0.3 is 0 Å². The number of aromatic amines is 1. The van der Waals surface area contributed by atoms with Crippen LogP contribution in [0.4, 0.5) is 0 Å². The molecule has 0 radical (unpaired) electrons. The standard InChI is InChI=1S/C15H12N4/c1-10-3-2-4-11-12(7-18-15(10)11)13-8-17-14-9-16-5-6-19(13)14/h2-9,18H,1H3. The number of nitrogens with one attached hydrogen (secondary N) is 1. The smallest absolute Gasteiger partial charge is 0.155 e. The summed E-state index contributed by atoms with van der Waals surface area (Å²) in [4.78, 5) is 11.8. The fourth-order valence-electron chi connectivity index (χ4n) is 2.56. The van der Waals surface area contributed by atoms with Crippen LogP contribution in [0.25, 0.3) is 27.8 Å². The Hall–Kier alpha value is -2.62. The number of aromatic nitrogens is 4. The van der Waals surface area contributed by atoms with Crippen LogP contribution in [0.1, 0.15) is 5.56 Å². The summed E-state index contributed by atoms with van der Waals surface area (Å²) < 4.78 is 2.05. The van der Waals surface area contributed by atoms with E-state index in [1.165, 1.54) is 16.5 Å². The molecule has 0 saturated heterocycles. The molecule has 0 bridgehead atoms. The molecule has 19 heavy (non-hydrogen) atoms. The summed E-state index contributed by atoms with van der Waals surface area (Å²) in [6.45, 7) is 2.11. The molecule has 0 atom stereocenters. The molecule has 0 unspecified atom stereocenters. The second kappa shape index (κ2) is 3.68. The monoisotopic (exact) mass is 248 g/mol. The van der Waals surface area contributed by atoms with Crippen molar-refractivity contribution in [2.24, 2.45) is 0 Å². The van der Waals surface area contributed by atoms with E-state index in [1.54, 1.807) is 12.4 Å². The molecular formula is C15H12N4. The van der Waals surface area contributed by atoms with Crippen LogP contribution in [-0.2, 0) is 0 Å². The van der Waals surface area contributed by atoms with Crippen molar-refractivity contribution in [3.05, 3.63) is 54.7 Å². The van der Waals surface area contributed by atoms with E-state index in [-0.39, 0.29) is 0 Å². The van der Waals surface area contributed by atoms with Crippen molar-refractivity contribution >= 4 is 16.6 Å². The van der Waals surface area contributed by atoms with E-state index >= 15 is 0 Å². The zero-order chi connectivity index (χ0) is 12.8. The van der Waals surface area contributed by atoms with Gasteiger partial charge in [-0.1, -0.05) is 18.2 Å². The maximum absolute atomic E-state index is 4.39. The highest BCUT2D eigenvalue weighted by Gasteiger charge is 2.11. The minimum absolute atomic E-state index is 0.861. The molecule has 4 heteroatoms. The summed E-state index contributed by atoms with van der Waals surface area (Å²) in [5.41, 5.74) is 5.53. The fraction of sp³-hybridized carbons (Fsp3) is 0.0667.